The molecular weight excluding hydrogens is 366 g/mol. The maximum absolute atomic E-state index is 12.7. The molecule has 0 aliphatic rings. The molecule has 8 heteroatoms. The van der Waals surface area contributed by atoms with Gasteiger partial charge in [-0.2, -0.15) is 0 Å². The van der Waals surface area contributed by atoms with E-state index in [1.165, 1.54) is 19.2 Å². The fourth-order valence-electron chi connectivity index (χ4n) is 2.41. The first-order valence-electron chi connectivity index (χ1n) is 8.60. The van der Waals surface area contributed by atoms with Gasteiger partial charge in [-0.25, -0.2) is 18.4 Å². The third kappa shape index (κ3) is 4.46. The fourth-order valence-corrected chi connectivity index (χ4v) is 3.40. The first-order chi connectivity index (χ1) is 13.0. The number of nitrogens with zero attached hydrogens (tertiary/aromatic N) is 2. The van der Waals surface area contributed by atoms with Crippen molar-refractivity contribution in [1.82, 2.24) is 9.97 Å². The second-order valence-corrected chi connectivity index (χ2v) is 7.53. The summed E-state index contributed by atoms with van der Waals surface area (Å²) in [5.74, 6) is 0.808. The van der Waals surface area contributed by atoms with E-state index in [9.17, 15) is 8.42 Å². The molecule has 0 radical (unpaired) electrons. The fraction of sp³-hybridized carbons (Fsp3) is 0.263. The summed E-state index contributed by atoms with van der Waals surface area (Å²) < 4.78 is 38.7. The van der Waals surface area contributed by atoms with Crippen molar-refractivity contribution in [2.45, 2.75) is 24.7 Å². The lowest BCUT2D eigenvalue weighted by molar-refractivity contribution is 0.299. The van der Waals surface area contributed by atoms with Gasteiger partial charge in [0, 0.05) is 0 Å². The van der Waals surface area contributed by atoms with Crippen LogP contribution < -0.4 is 14.2 Å². The summed E-state index contributed by atoms with van der Waals surface area (Å²) >= 11 is 0. The predicted octanol–water partition coefficient (Wildman–Crippen LogP) is 3.62. The summed E-state index contributed by atoms with van der Waals surface area (Å²) in [6.45, 7) is 2.48. The number of ether oxygens (including phenoxy) is 2. The van der Waals surface area contributed by atoms with Gasteiger partial charge < -0.3 is 9.47 Å². The molecule has 1 N–H and O–H groups in total. The number of hydrogen-bond donors (Lipinski definition) is 1. The quantitative estimate of drug-likeness (QED) is 0.594. The van der Waals surface area contributed by atoms with Crippen molar-refractivity contribution in [2.75, 3.05) is 18.4 Å². The minimum atomic E-state index is -3.85. The Morgan fingerprint density at radius 1 is 1.00 bits per heavy atom. The Morgan fingerprint density at radius 2 is 1.67 bits per heavy atom. The smallest absolute Gasteiger partial charge is 0.263 e. The molecule has 0 aliphatic carbocycles. The lowest BCUT2D eigenvalue weighted by Crippen LogP contribution is -2.16. The van der Waals surface area contributed by atoms with Gasteiger partial charge in [-0.1, -0.05) is 25.5 Å². The van der Waals surface area contributed by atoms with Crippen LogP contribution in [0, 0.1) is 0 Å². The molecule has 0 atom stereocenters. The Balaban J connectivity index is 1.96. The molecule has 0 unspecified atom stereocenters. The molecule has 0 amide bonds. The lowest BCUT2D eigenvalue weighted by Gasteiger charge is -2.13. The Hall–Kier alpha value is -2.87. The van der Waals surface area contributed by atoms with Crippen molar-refractivity contribution >= 4 is 26.9 Å². The summed E-state index contributed by atoms with van der Waals surface area (Å²) in [4.78, 5) is 8.91. The molecule has 2 aromatic carbocycles. The van der Waals surface area contributed by atoms with E-state index in [1.807, 2.05) is 19.1 Å². The zero-order chi connectivity index (χ0) is 19.3. The summed E-state index contributed by atoms with van der Waals surface area (Å²) in [5.41, 5.74) is 1.21. The molecule has 3 aromatic rings. The van der Waals surface area contributed by atoms with E-state index in [0.29, 0.717) is 23.4 Å². The summed E-state index contributed by atoms with van der Waals surface area (Å²) in [5, 5.41) is 0. The Bertz CT molecular complexity index is 1020. The zero-order valence-electron chi connectivity index (χ0n) is 15.2. The molecule has 0 fully saturated rings. The second-order valence-electron chi connectivity index (χ2n) is 5.85. The van der Waals surface area contributed by atoms with Gasteiger partial charge in [0.25, 0.3) is 15.9 Å². The maximum Gasteiger partial charge on any atom is 0.263 e. The number of aromatic nitrogens is 2. The van der Waals surface area contributed by atoms with Gasteiger partial charge in [-0.3, -0.25) is 4.72 Å². The average molecular weight is 387 g/mol. The molecule has 0 bridgehead atoms. The largest absolute Gasteiger partial charge is 0.497 e. The molecule has 1 heterocycles. The monoisotopic (exact) mass is 387 g/mol. The van der Waals surface area contributed by atoms with Crippen molar-refractivity contribution in [3.63, 3.8) is 0 Å². The standard InChI is InChI=1S/C19H21N3O4S/c1-3-4-13-26-19-18(20-16-7-5-6-8-17(16)21-19)22-27(23,24)15-11-9-14(25-2)10-12-15/h5-12H,3-4,13H2,1-2H3,(H,20,22). The van der Waals surface area contributed by atoms with Crippen molar-refractivity contribution < 1.29 is 17.9 Å². The molecule has 0 aliphatic heterocycles. The summed E-state index contributed by atoms with van der Waals surface area (Å²) in [6, 6.07) is 13.3. The number of rotatable bonds is 8. The highest BCUT2D eigenvalue weighted by molar-refractivity contribution is 7.92. The van der Waals surface area contributed by atoms with Crippen LogP contribution in [0.4, 0.5) is 5.82 Å². The van der Waals surface area contributed by atoms with Gasteiger partial charge >= 0.3 is 0 Å². The van der Waals surface area contributed by atoms with Crippen LogP contribution in [0.5, 0.6) is 11.6 Å². The predicted molar refractivity (Wildman–Crippen MR) is 104 cm³/mol. The minimum Gasteiger partial charge on any atom is -0.497 e. The molecule has 27 heavy (non-hydrogen) atoms. The van der Waals surface area contributed by atoms with Gasteiger partial charge in [-0.15, -0.1) is 0 Å². The van der Waals surface area contributed by atoms with E-state index >= 15 is 0 Å². The van der Waals surface area contributed by atoms with Gasteiger partial charge in [0.15, 0.2) is 0 Å². The average Bonchev–Trinajstić information content (AvgIpc) is 2.68. The molecule has 7 nitrogen and oxygen atoms in total. The molecule has 3 rings (SSSR count). The highest BCUT2D eigenvalue weighted by Crippen LogP contribution is 2.26. The number of benzene rings is 2. The minimum absolute atomic E-state index is 0.0700. The van der Waals surface area contributed by atoms with Gasteiger partial charge in [0.2, 0.25) is 5.82 Å². The molecule has 142 valence electrons. The van der Waals surface area contributed by atoms with Crippen LogP contribution in [0.2, 0.25) is 0 Å². The van der Waals surface area contributed by atoms with Crippen LogP contribution in [0.1, 0.15) is 19.8 Å². The van der Waals surface area contributed by atoms with Crippen LogP contribution in [0.25, 0.3) is 11.0 Å². The van der Waals surface area contributed by atoms with Crippen LogP contribution in [-0.4, -0.2) is 32.1 Å². The van der Waals surface area contributed by atoms with E-state index in [4.69, 9.17) is 9.47 Å². The number of anilines is 1. The van der Waals surface area contributed by atoms with E-state index in [0.717, 1.165) is 12.8 Å². The zero-order valence-corrected chi connectivity index (χ0v) is 16.0. The van der Waals surface area contributed by atoms with Crippen LogP contribution >= 0.6 is 0 Å². The van der Waals surface area contributed by atoms with E-state index in [2.05, 4.69) is 14.7 Å². The number of para-hydroxylation sites is 2. The lowest BCUT2D eigenvalue weighted by atomic mass is 10.3. The molecule has 0 spiro atoms. The van der Waals surface area contributed by atoms with E-state index < -0.39 is 10.0 Å². The van der Waals surface area contributed by atoms with Crippen molar-refractivity contribution in [1.29, 1.82) is 0 Å². The number of unbranched alkanes of at least 4 members (excludes halogenated alkanes) is 1. The molecule has 1 aromatic heterocycles. The second kappa shape index (κ2) is 8.22. The SMILES string of the molecule is CCCCOc1nc2ccccc2nc1NS(=O)(=O)c1ccc(OC)cc1. The molecule has 0 saturated carbocycles. The number of fused-ring (bicyclic) bond motifs is 1. The van der Waals surface area contributed by atoms with Gasteiger partial charge in [-0.05, 0) is 42.8 Å². The summed E-state index contributed by atoms with van der Waals surface area (Å²) in [7, 11) is -2.33. The summed E-state index contributed by atoms with van der Waals surface area (Å²) in [6.07, 6.45) is 1.78. The normalized spacial score (nSPS) is 11.3. The van der Waals surface area contributed by atoms with Gasteiger partial charge in [0.1, 0.15) is 5.75 Å². The first kappa shape index (κ1) is 18.9. The number of hydrogen-bond acceptors (Lipinski definition) is 6. The maximum atomic E-state index is 12.7. The van der Waals surface area contributed by atoms with Crippen LogP contribution in [0.15, 0.2) is 53.4 Å². The van der Waals surface area contributed by atoms with E-state index in [1.54, 1.807) is 24.3 Å². The van der Waals surface area contributed by atoms with Crippen molar-refractivity contribution in [2.24, 2.45) is 0 Å². The molecule has 0 saturated heterocycles. The Labute approximate surface area is 158 Å². The third-order valence-electron chi connectivity index (χ3n) is 3.88. The van der Waals surface area contributed by atoms with E-state index in [-0.39, 0.29) is 16.6 Å². The number of methoxy groups -OCH3 is 1. The van der Waals surface area contributed by atoms with Crippen molar-refractivity contribution in [3.05, 3.63) is 48.5 Å². The highest BCUT2D eigenvalue weighted by atomic mass is 32.2. The topological polar surface area (TPSA) is 90.4 Å². The number of sulfonamides is 1. The number of nitrogens with one attached hydrogen (secondary N) is 1. The molecular formula is C19H21N3O4S. The third-order valence-corrected chi connectivity index (χ3v) is 5.23. The van der Waals surface area contributed by atoms with Gasteiger partial charge in [0.05, 0.1) is 29.6 Å². The Morgan fingerprint density at radius 3 is 2.30 bits per heavy atom. The first-order valence-corrected chi connectivity index (χ1v) is 10.1. The van der Waals surface area contributed by atoms with Crippen LogP contribution in [-0.2, 0) is 10.0 Å². The van der Waals surface area contributed by atoms with Crippen LogP contribution in [0.3, 0.4) is 0 Å². The highest BCUT2D eigenvalue weighted by Gasteiger charge is 2.19. The Kier molecular flexibility index (Phi) is 5.75. The van der Waals surface area contributed by atoms with Crippen molar-refractivity contribution in [3.8, 4) is 11.6 Å².